The molecule has 1 aromatic carbocycles. The fraction of sp³-hybridized carbons (Fsp3) is 0.462. The molecule has 1 aliphatic rings. The zero-order chi connectivity index (χ0) is 15.6. The molecule has 2 rings (SSSR count). The molecule has 8 heteroatoms. The summed E-state index contributed by atoms with van der Waals surface area (Å²) < 4.78 is 31.4. The molecular weight excluding hydrogens is 316 g/mol. The summed E-state index contributed by atoms with van der Waals surface area (Å²) in [6, 6.07) is 3.83. The molecule has 1 aromatic rings. The minimum atomic E-state index is -3.78. The third kappa shape index (κ3) is 3.06. The Balaban J connectivity index is 2.46. The van der Waals surface area contributed by atoms with Crippen LogP contribution in [0.3, 0.4) is 0 Å². The van der Waals surface area contributed by atoms with Crippen molar-refractivity contribution in [2.45, 2.75) is 23.8 Å². The second kappa shape index (κ2) is 6.31. The monoisotopic (exact) mass is 332 g/mol. The van der Waals surface area contributed by atoms with Crippen molar-refractivity contribution in [3.05, 3.63) is 28.8 Å². The van der Waals surface area contributed by atoms with E-state index in [0.717, 1.165) is 12.8 Å². The van der Waals surface area contributed by atoms with E-state index >= 15 is 0 Å². The molecule has 0 aromatic heterocycles. The van der Waals surface area contributed by atoms with Crippen molar-refractivity contribution in [2.24, 2.45) is 5.73 Å². The van der Waals surface area contributed by atoms with E-state index in [1.807, 2.05) is 0 Å². The number of hydrogen-bond donors (Lipinski definition) is 1. The Labute approximate surface area is 128 Å². The van der Waals surface area contributed by atoms with Crippen molar-refractivity contribution in [3.8, 4) is 0 Å². The van der Waals surface area contributed by atoms with Crippen molar-refractivity contribution in [1.29, 1.82) is 0 Å². The molecule has 0 aliphatic carbocycles. The standard InChI is InChI=1S/C13H17ClN2O4S/c1-20-13(17)9-4-5-11(14)12(7-9)21(18,19)16-6-2-3-10(16)8-15/h4-5,7,10H,2-3,6,8,15H2,1H3. The Morgan fingerprint density at radius 3 is 2.86 bits per heavy atom. The number of methoxy groups -OCH3 is 1. The summed E-state index contributed by atoms with van der Waals surface area (Å²) in [5.74, 6) is -0.611. The van der Waals surface area contributed by atoms with Gasteiger partial charge in [0.05, 0.1) is 17.7 Å². The van der Waals surface area contributed by atoms with E-state index in [1.165, 1.54) is 29.6 Å². The number of nitrogens with two attached hydrogens (primary N) is 1. The zero-order valence-electron chi connectivity index (χ0n) is 11.6. The van der Waals surface area contributed by atoms with Crippen molar-refractivity contribution in [3.63, 3.8) is 0 Å². The van der Waals surface area contributed by atoms with Crippen LogP contribution in [0.2, 0.25) is 5.02 Å². The van der Waals surface area contributed by atoms with Crippen LogP contribution in [0.4, 0.5) is 0 Å². The summed E-state index contributed by atoms with van der Waals surface area (Å²) in [4.78, 5) is 11.5. The van der Waals surface area contributed by atoms with E-state index in [4.69, 9.17) is 17.3 Å². The molecule has 0 saturated carbocycles. The largest absolute Gasteiger partial charge is 0.465 e. The molecule has 1 saturated heterocycles. The first-order valence-electron chi connectivity index (χ1n) is 6.51. The van der Waals surface area contributed by atoms with Crippen LogP contribution in [-0.2, 0) is 14.8 Å². The summed E-state index contributed by atoms with van der Waals surface area (Å²) in [6.45, 7) is 0.663. The van der Waals surface area contributed by atoms with E-state index in [2.05, 4.69) is 4.74 Å². The molecule has 0 bridgehead atoms. The van der Waals surface area contributed by atoms with E-state index < -0.39 is 16.0 Å². The predicted molar refractivity (Wildman–Crippen MR) is 78.8 cm³/mol. The Morgan fingerprint density at radius 2 is 2.24 bits per heavy atom. The maximum atomic E-state index is 12.7. The highest BCUT2D eigenvalue weighted by atomic mass is 35.5. The first-order chi connectivity index (χ1) is 9.91. The number of sulfonamides is 1. The second-order valence-corrected chi connectivity index (χ2v) is 7.05. The Kier molecular flexibility index (Phi) is 4.88. The zero-order valence-corrected chi connectivity index (χ0v) is 13.2. The smallest absolute Gasteiger partial charge is 0.337 e. The molecule has 116 valence electrons. The minimum Gasteiger partial charge on any atom is -0.465 e. The number of hydrogen-bond acceptors (Lipinski definition) is 5. The SMILES string of the molecule is COC(=O)c1ccc(Cl)c(S(=O)(=O)N2CCCC2CN)c1. The van der Waals surface area contributed by atoms with Gasteiger partial charge >= 0.3 is 5.97 Å². The molecular formula is C13H17ClN2O4S. The highest BCUT2D eigenvalue weighted by Crippen LogP contribution is 2.30. The molecule has 1 heterocycles. The number of carbonyl (C=O) groups is 1. The fourth-order valence-electron chi connectivity index (χ4n) is 2.43. The maximum absolute atomic E-state index is 12.7. The van der Waals surface area contributed by atoms with Crippen LogP contribution in [0.1, 0.15) is 23.2 Å². The van der Waals surface area contributed by atoms with Gasteiger partial charge in [0.15, 0.2) is 0 Å². The lowest BCUT2D eigenvalue weighted by Gasteiger charge is -2.23. The lowest BCUT2D eigenvalue weighted by atomic mass is 10.2. The van der Waals surface area contributed by atoms with Crippen LogP contribution >= 0.6 is 11.6 Å². The van der Waals surface area contributed by atoms with Gasteiger partial charge in [0.2, 0.25) is 10.0 Å². The van der Waals surface area contributed by atoms with Crippen molar-refractivity contribution in [1.82, 2.24) is 4.31 Å². The molecule has 1 fully saturated rings. The molecule has 0 spiro atoms. The Bertz CT molecular complexity index is 648. The van der Waals surface area contributed by atoms with Gasteiger partial charge in [-0.15, -0.1) is 0 Å². The van der Waals surface area contributed by atoms with Gasteiger partial charge in [-0.05, 0) is 31.0 Å². The number of ether oxygens (including phenoxy) is 1. The van der Waals surface area contributed by atoms with Crippen LogP contribution in [0.25, 0.3) is 0 Å². The van der Waals surface area contributed by atoms with Crippen LogP contribution in [-0.4, -0.2) is 44.9 Å². The van der Waals surface area contributed by atoms with Crippen LogP contribution < -0.4 is 5.73 Å². The van der Waals surface area contributed by atoms with Crippen molar-refractivity contribution >= 4 is 27.6 Å². The van der Waals surface area contributed by atoms with Gasteiger partial charge in [0.25, 0.3) is 0 Å². The number of rotatable bonds is 4. The maximum Gasteiger partial charge on any atom is 0.337 e. The highest BCUT2D eigenvalue weighted by Gasteiger charge is 2.35. The van der Waals surface area contributed by atoms with Gasteiger partial charge in [0, 0.05) is 19.1 Å². The van der Waals surface area contributed by atoms with Crippen molar-refractivity contribution < 1.29 is 17.9 Å². The average Bonchev–Trinajstić information content (AvgIpc) is 2.96. The molecule has 6 nitrogen and oxygen atoms in total. The molecule has 0 amide bonds. The summed E-state index contributed by atoms with van der Waals surface area (Å²) in [5, 5.41) is 0.0744. The van der Waals surface area contributed by atoms with E-state index in [9.17, 15) is 13.2 Å². The molecule has 1 aliphatic heterocycles. The average molecular weight is 333 g/mol. The normalized spacial score (nSPS) is 19.7. The van der Waals surface area contributed by atoms with Gasteiger partial charge < -0.3 is 10.5 Å². The number of esters is 1. The van der Waals surface area contributed by atoms with Gasteiger partial charge in [-0.3, -0.25) is 0 Å². The fourth-order valence-corrected chi connectivity index (χ4v) is 4.64. The summed E-state index contributed by atoms with van der Waals surface area (Å²) in [6.07, 6.45) is 1.49. The van der Waals surface area contributed by atoms with Gasteiger partial charge in [-0.1, -0.05) is 11.6 Å². The minimum absolute atomic E-state index is 0.0744. The lowest BCUT2D eigenvalue weighted by molar-refractivity contribution is 0.0600. The second-order valence-electron chi connectivity index (χ2n) is 4.78. The van der Waals surface area contributed by atoms with Crippen LogP contribution in [0.15, 0.2) is 23.1 Å². The molecule has 2 N–H and O–H groups in total. The number of benzene rings is 1. The molecule has 21 heavy (non-hydrogen) atoms. The molecule has 1 unspecified atom stereocenters. The van der Waals surface area contributed by atoms with Gasteiger partial charge in [0.1, 0.15) is 4.90 Å². The third-order valence-electron chi connectivity index (χ3n) is 3.53. The molecule has 1 atom stereocenters. The number of halogens is 1. The predicted octanol–water partition coefficient (Wildman–Crippen LogP) is 1.24. The van der Waals surface area contributed by atoms with Gasteiger partial charge in [-0.25, -0.2) is 13.2 Å². The van der Waals surface area contributed by atoms with E-state index in [1.54, 1.807) is 0 Å². The number of carbonyl (C=O) groups excluding carboxylic acids is 1. The summed E-state index contributed by atoms with van der Waals surface area (Å²) in [5.41, 5.74) is 5.77. The van der Waals surface area contributed by atoms with Gasteiger partial charge in [-0.2, -0.15) is 4.31 Å². The highest BCUT2D eigenvalue weighted by molar-refractivity contribution is 7.89. The summed E-state index contributed by atoms with van der Waals surface area (Å²) in [7, 11) is -2.55. The van der Waals surface area contributed by atoms with E-state index in [0.29, 0.717) is 6.54 Å². The van der Waals surface area contributed by atoms with Crippen LogP contribution in [0.5, 0.6) is 0 Å². The molecule has 0 radical (unpaired) electrons. The first kappa shape index (κ1) is 16.2. The summed E-state index contributed by atoms with van der Waals surface area (Å²) >= 11 is 6.01. The number of nitrogens with zero attached hydrogens (tertiary/aromatic N) is 1. The topological polar surface area (TPSA) is 89.7 Å². The quantitative estimate of drug-likeness (QED) is 0.838. The third-order valence-corrected chi connectivity index (χ3v) is 5.97. The Morgan fingerprint density at radius 1 is 1.52 bits per heavy atom. The Hall–Kier alpha value is -1.15. The van der Waals surface area contributed by atoms with Crippen LogP contribution in [0, 0.1) is 0 Å². The van der Waals surface area contributed by atoms with Crippen molar-refractivity contribution in [2.75, 3.05) is 20.2 Å². The first-order valence-corrected chi connectivity index (χ1v) is 8.33. The van der Waals surface area contributed by atoms with E-state index in [-0.39, 0.29) is 28.1 Å². The lowest BCUT2D eigenvalue weighted by Crippen LogP contribution is -2.40.